The fraction of sp³-hybridized carbons (Fsp3) is 0.0638. The number of rotatable bonds is 4. The average Bonchev–Trinajstić information content (AvgIpc) is 3.17. The van der Waals surface area contributed by atoms with E-state index in [0.717, 1.165) is 39.9 Å². The Morgan fingerprint density at radius 3 is 1.98 bits per heavy atom. The van der Waals surface area contributed by atoms with Crippen molar-refractivity contribution >= 4 is 55.7 Å². The van der Waals surface area contributed by atoms with Crippen LogP contribution in [-0.4, -0.2) is 0 Å². The quantitative estimate of drug-likeness (QED) is 0.178. The molecular weight excluding hydrogens is 609 g/mol. The van der Waals surface area contributed by atoms with E-state index in [9.17, 15) is 0 Å². The summed E-state index contributed by atoms with van der Waals surface area (Å²) < 4.78 is 6.53. The molecule has 0 unspecified atom stereocenters. The van der Waals surface area contributed by atoms with Crippen molar-refractivity contribution in [3.05, 3.63) is 181 Å². The first-order valence-electron chi connectivity index (χ1n) is 17.3. The molecule has 8 aromatic carbocycles. The van der Waals surface area contributed by atoms with E-state index in [2.05, 4.69) is 187 Å². The minimum absolute atomic E-state index is 0.349. The van der Waals surface area contributed by atoms with Gasteiger partial charge in [-0.2, -0.15) is 0 Å². The van der Waals surface area contributed by atoms with Gasteiger partial charge in [-0.25, -0.2) is 0 Å². The maximum absolute atomic E-state index is 6.53. The molecule has 10 rings (SSSR count). The Labute approximate surface area is 292 Å². The second-order valence-electron chi connectivity index (χ2n) is 13.8. The first-order chi connectivity index (χ1) is 24.6. The molecule has 0 amide bonds. The van der Waals surface area contributed by atoms with E-state index in [1.807, 2.05) is 6.07 Å². The third-order valence-electron chi connectivity index (χ3n) is 10.6. The summed E-state index contributed by atoms with van der Waals surface area (Å²) in [5, 5.41) is 4.93. The molecule has 238 valence electrons. The fourth-order valence-electron chi connectivity index (χ4n) is 8.29. The summed E-state index contributed by atoms with van der Waals surface area (Å²) in [6.45, 7) is 4.72. The highest BCUT2D eigenvalue weighted by Crippen LogP contribution is 2.62. The zero-order valence-corrected chi connectivity index (χ0v) is 28.0. The molecule has 0 atom stereocenters. The molecule has 0 aromatic heterocycles. The molecule has 0 saturated carbocycles. The SMILES string of the molecule is CC1(C)c2cccc3c2N(c2ccccc2O3)c2cccc(N(c3ccc(-c4ccccc4)cc3)c3cc4ccccc4c4ccccc34)c21. The van der Waals surface area contributed by atoms with Gasteiger partial charge in [0.1, 0.15) is 0 Å². The smallest absolute Gasteiger partial charge is 0.151 e. The summed E-state index contributed by atoms with van der Waals surface area (Å²) in [4.78, 5) is 4.91. The second kappa shape index (κ2) is 10.8. The third-order valence-corrected chi connectivity index (χ3v) is 10.6. The van der Waals surface area contributed by atoms with Gasteiger partial charge in [0.15, 0.2) is 11.5 Å². The fourth-order valence-corrected chi connectivity index (χ4v) is 8.29. The first-order valence-corrected chi connectivity index (χ1v) is 17.3. The number of benzene rings is 8. The van der Waals surface area contributed by atoms with Crippen LogP contribution in [0, 0.1) is 0 Å². The van der Waals surface area contributed by atoms with Gasteiger partial charge in [-0.1, -0.05) is 135 Å². The molecule has 3 heteroatoms. The van der Waals surface area contributed by atoms with Gasteiger partial charge in [0, 0.05) is 22.1 Å². The van der Waals surface area contributed by atoms with Crippen molar-refractivity contribution in [3.8, 4) is 22.6 Å². The molecule has 0 fully saturated rings. The zero-order chi connectivity index (χ0) is 33.4. The summed E-state index contributed by atoms with van der Waals surface area (Å²) in [6, 6.07) is 61.3. The van der Waals surface area contributed by atoms with Crippen LogP contribution in [0.1, 0.15) is 25.0 Å². The Morgan fingerprint density at radius 1 is 0.500 bits per heavy atom. The number of anilines is 6. The lowest BCUT2D eigenvalue weighted by atomic mass is 9.72. The van der Waals surface area contributed by atoms with Crippen LogP contribution in [0.5, 0.6) is 11.5 Å². The number of hydrogen-bond acceptors (Lipinski definition) is 3. The molecule has 0 saturated heterocycles. The highest BCUT2D eigenvalue weighted by Gasteiger charge is 2.43. The molecule has 2 aliphatic heterocycles. The van der Waals surface area contributed by atoms with Gasteiger partial charge in [-0.3, -0.25) is 0 Å². The van der Waals surface area contributed by atoms with E-state index >= 15 is 0 Å². The van der Waals surface area contributed by atoms with Gasteiger partial charge in [0.05, 0.1) is 28.4 Å². The van der Waals surface area contributed by atoms with Crippen LogP contribution in [0.4, 0.5) is 34.1 Å². The molecule has 50 heavy (non-hydrogen) atoms. The Kier molecular flexibility index (Phi) is 6.22. The van der Waals surface area contributed by atoms with Crippen LogP contribution in [0.3, 0.4) is 0 Å². The van der Waals surface area contributed by atoms with Gasteiger partial charge in [0.2, 0.25) is 0 Å². The largest absolute Gasteiger partial charge is 0.453 e. The second-order valence-corrected chi connectivity index (χ2v) is 13.8. The lowest BCUT2D eigenvalue weighted by molar-refractivity contribution is 0.471. The highest BCUT2D eigenvalue weighted by atomic mass is 16.5. The van der Waals surface area contributed by atoms with Crippen LogP contribution < -0.4 is 14.5 Å². The Morgan fingerprint density at radius 2 is 1.14 bits per heavy atom. The summed E-state index contributed by atoms with van der Waals surface area (Å²) in [5.74, 6) is 1.75. The molecule has 2 heterocycles. The van der Waals surface area contributed by atoms with Gasteiger partial charge >= 0.3 is 0 Å². The summed E-state index contributed by atoms with van der Waals surface area (Å²) in [5.41, 5.74) is 11.3. The minimum Gasteiger partial charge on any atom is -0.453 e. The molecular formula is C47H34N2O. The average molecular weight is 643 g/mol. The Balaban J connectivity index is 1.28. The Bertz CT molecular complexity index is 2610. The van der Waals surface area contributed by atoms with Crippen LogP contribution in [0.25, 0.3) is 32.7 Å². The van der Waals surface area contributed by atoms with Crippen molar-refractivity contribution in [2.75, 3.05) is 9.80 Å². The molecule has 0 bridgehead atoms. The van der Waals surface area contributed by atoms with Crippen LogP contribution >= 0.6 is 0 Å². The van der Waals surface area contributed by atoms with Crippen molar-refractivity contribution in [1.82, 2.24) is 0 Å². The van der Waals surface area contributed by atoms with Gasteiger partial charge in [-0.05, 0) is 81.4 Å². The predicted molar refractivity (Wildman–Crippen MR) is 208 cm³/mol. The normalized spacial score (nSPS) is 13.7. The van der Waals surface area contributed by atoms with E-state index in [1.54, 1.807) is 0 Å². The number of nitrogens with zero attached hydrogens (tertiary/aromatic N) is 2. The van der Waals surface area contributed by atoms with Crippen molar-refractivity contribution in [2.45, 2.75) is 19.3 Å². The number of hydrogen-bond donors (Lipinski definition) is 0. The van der Waals surface area contributed by atoms with Crippen LogP contribution in [0.15, 0.2) is 170 Å². The number of ether oxygens (including phenoxy) is 1. The standard InChI is InChI=1S/C47H34N2O/c1-47(2)38-20-12-25-44-46(38)49(39-21-10-11-24-43(39)50-44)41-23-13-22-40(45(41)47)48(34-28-26-32(27-29-34)31-14-4-3-5-15-31)42-30-33-16-6-7-17-35(33)36-18-8-9-19-37(36)42/h3-30H,1-2H3. The summed E-state index contributed by atoms with van der Waals surface area (Å²) in [6.07, 6.45) is 0. The molecule has 2 aliphatic rings. The lowest BCUT2D eigenvalue weighted by Crippen LogP contribution is -2.34. The van der Waals surface area contributed by atoms with Crippen molar-refractivity contribution in [2.24, 2.45) is 0 Å². The van der Waals surface area contributed by atoms with Crippen molar-refractivity contribution in [3.63, 3.8) is 0 Å². The minimum atomic E-state index is -0.349. The maximum atomic E-state index is 6.53. The van der Waals surface area contributed by atoms with Crippen molar-refractivity contribution in [1.29, 1.82) is 0 Å². The summed E-state index contributed by atoms with van der Waals surface area (Å²) >= 11 is 0. The molecule has 3 nitrogen and oxygen atoms in total. The molecule has 0 aliphatic carbocycles. The van der Waals surface area contributed by atoms with E-state index in [0.29, 0.717) is 0 Å². The molecule has 0 radical (unpaired) electrons. The summed E-state index contributed by atoms with van der Waals surface area (Å²) in [7, 11) is 0. The van der Waals surface area contributed by atoms with E-state index in [4.69, 9.17) is 4.74 Å². The predicted octanol–water partition coefficient (Wildman–Crippen LogP) is 13.3. The van der Waals surface area contributed by atoms with Gasteiger partial charge < -0.3 is 14.5 Å². The maximum Gasteiger partial charge on any atom is 0.151 e. The number of fused-ring (bicyclic) bond motifs is 7. The van der Waals surface area contributed by atoms with Crippen LogP contribution in [0.2, 0.25) is 0 Å². The van der Waals surface area contributed by atoms with Crippen molar-refractivity contribution < 1.29 is 4.74 Å². The van der Waals surface area contributed by atoms with E-state index < -0.39 is 0 Å². The first kappa shape index (κ1) is 28.7. The van der Waals surface area contributed by atoms with E-state index in [1.165, 1.54) is 49.5 Å². The molecule has 8 aromatic rings. The lowest BCUT2D eigenvalue weighted by Gasteiger charge is -2.46. The van der Waals surface area contributed by atoms with E-state index in [-0.39, 0.29) is 5.41 Å². The Hall–Kier alpha value is -6.32. The van der Waals surface area contributed by atoms with Gasteiger partial charge in [0.25, 0.3) is 0 Å². The van der Waals surface area contributed by atoms with Crippen LogP contribution in [-0.2, 0) is 5.41 Å². The molecule has 0 N–H and O–H groups in total. The van der Waals surface area contributed by atoms with Gasteiger partial charge in [-0.15, -0.1) is 0 Å². The highest BCUT2D eigenvalue weighted by molar-refractivity contribution is 6.15. The zero-order valence-electron chi connectivity index (χ0n) is 28.0. The monoisotopic (exact) mass is 642 g/mol. The molecule has 0 spiro atoms. The topological polar surface area (TPSA) is 15.7 Å². The number of para-hydroxylation sites is 3. The third kappa shape index (κ3) is 4.17.